The number of hydrogen-bond donors (Lipinski definition) is 1. The van der Waals surface area contributed by atoms with E-state index in [1.54, 1.807) is 0 Å². The largest absolute Gasteiger partial charge is 0.382 e. The number of nitrogens with zero attached hydrogens (tertiary/aromatic N) is 3. The Morgan fingerprint density at radius 2 is 2.12 bits per heavy atom. The maximum absolute atomic E-state index is 12.4. The molecule has 0 atom stereocenters. The quantitative estimate of drug-likeness (QED) is 0.472. The maximum Gasteiger partial charge on any atom is 0.292 e. The zero-order valence-electron chi connectivity index (χ0n) is 13.9. The van der Waals surface area contributed by atoms with Gasteiger partial charge in [0.2, 0.25) is 0 Å². The van der Waals surface area contributed by atoms with Gasteiger partial charge in [0.05, 0.1) is 35.7 Å². The molecule has 0 radical (unpaired) electrons. The van der Waals surface area contributed by atoms with Gasteiger partial charge < -0.3 is 10.1 Å². The normalized spacial score (nSPS) is 14.0. The smallest absolute Gasteiger partial charge is 0.292 e. The Bertz CT molecular complexity index is 893. The predicted octanol–water partition coefficient (Wildman–Crippen LogP) is 2.94. The lowest BCUT2D eigenvalue weighted by Crippen LogP contribution is -2.23. The molecule has 1 aliphatic rings. The first-order valence-electron chi connectivity index (χ1n) is 8.08. The summed E-state index contributed by atoms with van der Waals surface area (Å²) in [5.74, 6) is 0. The topological polar surface area (TPSA) is 99.3 Å². The molecule has 1 aromatic heterocycles. The highest BCUT2D eigenvalue weighted by Crippen LogP contribution is 2.19. The molecule has 0 saturated heterocycles. The molecule has 0 aliphatic carbocycles. The lowest BCUT2D eigenvalue weighted by molar-refractivity contribution is -0.384. The fraction of sp³-hybridized carbons (Fsp3) is 0.294. The van der Waals surface area contributed by atoms with Crippen LogP contribution in [-0.4, -0.2) is 34.5 Å². The Morgan fingerprint density at radius 3 is 2.77 bits per heavy atom. The van der Waals surface area contributed by atoms with Crippen molar-refractivity contribution in [2.45, 2.75) is 12.8 Å². The van der Waals surface area contributed by atoms with Crippen molar-refractivity contribution in [1.82, 2.24) is 9.78 Å². The van der Waals surface area contributed by atoms with Crippen molar-refractivity contribution >= 4 is 23.0 Å². The lowest BCUT2D eigenvalue weighted by atomic mass is 10.1. The van der Waals surface area contributed by atoms with E-state index in [9.17, 15) is 14.9 Å². The molecule has 8 nitrogen and oxygen atoms in total. The fourth-order valence-electron chi connectivity index (χ4n) is 2.61. The standard InChI is InChI=1S/C17H17ClN4O4/c18-16-15(19-8-5-12-6-9-26-10-7-12)11-20-21(17(16)23)13-1-3-14(4-2-13)22(24)25/h1-4,6,11,19H,5,7-10H2. The molecule has 0 bridgehead atoms. The number of hydrogen-bond acceptors (Lipinski definition) is 6. The van der Waals surface area contributed by atoms with E-state index < -0.39 is 10.5 Å². The van der Waals surface area contributed by atoms with Crippen LogP contribution < -0.4 is 10.9 Å². The van der Waals surface area contributed by atoms with Crippen molar-refractivity contribution in [1.29, 1.82) is 0 Å². The van der Waals surface area contributed by atoms with Crippen LogP contribution in [0.3, 0.4) is 0 Å². The van der Waals surface area contributed by atoms with Gasteiger partial charge in [0.15, 0.2) is 0 Å². The number of halogens is 1. The fourth-order valence-corrected chi connectivity index (χ4v) is 2.80. The Labute approximate surface area is 154 Å². The summed E-state index contributed by atoms with van der Waals surface area (Å²) in [4.78, 5) is 22.6. The van der Waals surface area contributed by atoms with E-state index in [1.165, 1.54) is 36.0 Å². The van der Waals surface area contributed by atoms with Crippen LogP contribution in [0.5, 0.6) is 0 Å². The molecule has 26 heavy (non-hydrogen) atoms. The third kappa shape index (κ3) is 4.09. The zero-order chi connectivity index (χ0) is 18.5. The number of nitro benzene ring substituents is 1. The van der Waals surface area contributed by atoms with Crippen molar-refractivity contribution in [3.63, 3.8) is 0 Å². The number of aromatic nitrogens is 2. The molecule has 9 heteroatoms. The van der Waals surface area contributed by atoms with E-state index in [2.05, 4.69) is 16.5 Å². The molecule has 3 rings (SSSR count). The third-order valence-corrected chi connectivity index (χ3v) is 4.41. The lowest BCUT2D eigenvalue weighted by Gasteiger charge is -2.14. The first-order valence-corrected chi connectivity index (χ1v) is 8.46. The highest BCUT2D eigenvalue weighted by molar-refractivity contribution is 6.32. The number of anilines is 1. The van der Waals surface area contributed by atoms with Crippen LogP contribution in [0.1, 0.15) is 12.8 Å². The molecule has 136 valence electrons. The first kappa shape index (κ1) is 18.1. The van der Waals surface area contributed by atoms with Crippen LogP contribution in [0.2, 0.25) is 5.02 Å². The summed E-state index contributed by atoms with van der Waals surface area (Å²) in [5.41, 5.74) is 1.63. The Hall–Kier alpha value is -2.71. The minimum absolute atomic E-state index is 0.0271. The van der Waals surface area contributed by atoms with Crippen molar-refractivity contribution in [3.05, 3.63) is 67.6 Å². The predicted molar refractivity (Wildman–Crippen MR) is 98.1 cm³/mol. The first-order chi connectivity index (χ1) is 12.6. The van der Waals surface area contributed by atoms with E-state index in [1.807, 2.05) is 0 Å². The average molecular weight is 377 g/mol. The summed E-state index contributed by atoms with van der Waals surface area (Å²) in [5, 5.41) is 18.0. The summed E-state index contributed by atoms with van der Waals surface area (Å²) in [6.07, 6.45) is 5.29. The van der Waals surface area contributed by atoms with Gasteiger partial charge in [-0.05, 0) is 25.0 Å². The molecule has 1 N–H and O–H groups in total. The number of rotatable bonds is 6. The van der Waals surface area contributed by atoms with E-state index in [0.717, 1.165) is 24.1 Å². The summed E-state index contributed by atoms with van der Waals surface area (Å²) in [6, 6.07) is 5.53. The Balaban J connectivity index is 1.72. The minimum Gasteiger partial charge on any atom is -0.382 e. The third-order valence-electron chi connectivity index (χ3n) is 4.04. The molecule has 2 aromatic rings. The number of nitrogens with one attached hydrogen (secondary N) is 1. The van der Waals surface area contributed by atoms with Gasteiger partial charge in [-0.25, -0.2) is 0 Å². The average Bonchev–Trinajstić information content (AvgIpc) is 2.66. The van der Waals surface area contributed by atoms with Crippen molar-refractivity contribution in [3.8, 4) is 5.69 Å². The molecule has 0 saturated carbocycles. The van der Waals surface area contributed by atoms with Gasteiger partial charge >= 0.3 is 0 Å². The molecule has 0 amide bonds. The maximum atomic E-state index is 12.4. The molecule has 0 fully saturated rings. The van der Waals surface area contributed by atoms with Gasteiger partial charge in [0.25, 0.3) is 11.2 Å². The number of non-ortho nitro benzene ring substituents is 1. The monoisotopic (exact) mass is 376 g/mol. The summed E-state index contributed by atoms with van der Waals surface area (Å²) >= 11 is 6.17. The number of nitro groups is 1. The van der Waals surface area contributed by atoms with Gasteiger partial charge in [0, 0.05) is 18.7 Å². The van der Waals surface area contributed by atoms with E-state index in [-0.39, 0.29) is 10.7 Å². The van der Waals surface area contributed by atoms with Gasteiger partial charge in [0.1, 0.15) is 5.02 Å². The molecule has 2 heterocycles. The highest BCUT2D eigenvalue weighted by Gasteiger charge is 2.12. The van der Waals surface area contributed by atoms with Gasteiger partial charge in [-0.15, -0.1) is 0 Å². The van der Waals surface area contributed by atoms with Crippen LogP contribution >= 0.6 is 11.6 Å². The molecule has 1 aliphatic heterocycles. The van der Waals surface area contributed by atoms with Gasteiger partial charge in [-0.1, -0.05) is 23.3 Å². The molecule has 1 aromatic carbocycles. The van der Waals surface area contributed by atoms with E-state index in [0.29, 0.717) is 24.5 Å². The molecular weight excluding hydrogens is 360 g/mol. The van der Waals surface area contributed by atoms with Crippen LogP contribution in [0.4, 0.5) is 11.4 Å². The number of benzene rings is 1. The van der Waals surface area contributed by atoms with E-state index >= 15 is 0 Å². The Morgan fingerprint density at radius 1 is 1.35 bits per heavy atom. The molecular formula is C17H17ClN4O4. The van der Waals surface area contributed by atoms with Crippen LogP contribution in [-0.2, 0) is 4.74 Å². The minimum atomic E-state index is -0.506. The summed E-state index contributed by atoms with van der Waals surface area (Å²) < 4.78 is 6.37. The van der Waals surface area contributed by atoms with Gasteiger partial charge in [-0.3, -0.25) is 14.9 Å². The Kier molecular flexibility index (Phi) is 5.65. The van der Waals surface area contributed by atoms with Crippen molar-refractivity contribution < 1.29 is 9.66 Å². The summed E-state index contributed by atoms with van der Waals surface area (Å²) in [7, 11) is 0. The molecule has 0 spiro atoms. The molecule has 0 unspecified atom stereocenters. The van der Waals surface area contributed by atoms with Crippen molar-refractivity contribution in [2.75, 3.05) is 25.1 Å². The van der Waals surface area contributed by atoms with Crippen LogP contribution in [0.25, 0.3) is 5.69 Å². The van der Waals surface area contributed by atoms with E-state index in [4.69, 9.17) is 16.3 Å². The second-order valence-corrected chi connectivity index (χ2v) is 6.10. The zero-order valence-corrected chi connectivity index (χ0v) is 14.6. The van der Waals surface area contributed by atoms with Crippen LogP contribution in [0.15, 0.2) is 46.9 Å². The second-order valence-electron chi connectivity index (χ2n) is 5.73. The number of ether oxygens (including phenoxy) is 1. The SMILES string of the molecule is O=c1c(Cl)c(NCCC2=CCOCC2)cnn1-c1ccc([N+](=O)[O-])cc1. The second kappa shape index (κ2) is 8.11. The highest BCUT2D eigenvalue weighted by atomic mass is 35.5. The summed E-state index contributed by atoms with van der Waals surface area (Å²) in [6.45, 7) is 2.01. The van der Waals surface area contributed by atoms with Crippen molar-refractivity contribution in [2.24, 2.45) is 0 Å². The van der Waals surface area contributed by atoms with Crippen LogP contribution in [0, 0.1) is 10.1 Å². The van der Waals surface area contributed by atoms with Gasteiger partial charge in [-0.2, -0.15) is 9.78 Å².